The first-order valence-electron chi connectivity index (χ1n) is 6.18. The van der Waals surface area contributed by atoms with Crippen molar-refractivity contribution in [1.82, 2.24) is 5.16 Å². The molecule has 3 nitrogen and oxygen atoms in total. The predicted molar refractivity (Wildman–Crippen MR) is 69.6 cm³/mol. The third-order valence-electron chi connectivity index (χ3n) is 3.21. The molecule has 96 valence electrons. The summed E-state index contributed by atoms with van der Waals surface area (Å²) in [5, 5.41) is 3.82. The fourth-order valence-corrected chi connectivity index (χ4v) is 2.19. The van der Waals surface area contributed by atoms with Gasteiger partial charge in [-0.25, -0.2) is 4.39 Å². The van der Waals surface area contributed by atoms with E-state index in [1.165, 1.54) is 12.1 Å². The summed E-state index contributed by atoms with van der Waals surface area (Å²) in [5.41, 5.74) is 7.29. The van der Waals surface area contributed by atoms with Crippen LogP contribution in [0.1, 0.15) is 38.4 Å². The highest BCUT2D eigenvalue weighted by Crippen LogP contribution is 2.36. The van der Waals surface area contributed by atoms with Crippen LogP contribution in [-0.2, 0) is 0 Å². The average Bonchev–Trinajstić information content (AvgIpc) is 2.73. The van der Waals surface area contributed by atoms with Crippen molar-refractivity contribution >= 4 is 5.82 Å². The Balaban J connectivity index is 2.53. The van der Waals surface area contributed by atoms with Crippen molar-refractivity contribution in [2.45, 2.75) is 32.6 Å². The second-order valence-corrected chi connectivity index (χ2v) is 4.33. The number of anilines is 1. The van der Waals surface area contributed by atoms with E-state index in [-0.39, 0.29) is 11.7 Å². The highest BCUT2D eigenvalue weighted by atomic mass is 19.1. The van der Waals surface area contributed by atoms with Gasteiger partial charge in [0, 0.05) is 5.92 Å². The molecule has 2 aromatic rings. The maximum absolute atomic E-state index is 13.3. The summed E-state index contributed by atoms with van der Waals surface area (Å²) in [5.74, 6) is 1.04. The Hall–Kier alpha value is -1.84. The lowest BCUT2D eigenvalue weighted by Crippen LogP contribution is -1.97. The number of halogens is 1. The summed E-state index contributed by atoms with van der Waals surface area (Å²) in [6.07, 6.45) is 1.88. The number of nitrogens with zero attached hydrogens (tertiary/aromatic N) is 1. The molecule has 0 atom stereocenters. The summed E-state index contributed by atoms with van der Waals surface area (Å²) >= 11 is 0. The molecule has 2 N–H and O–H groups in total. The van der Waals surface area contributed by atoms with E-state index in [0.29, 0.717) is 5.82 Å². The monoisotopic (exact) mass is 248 g/mol. The molecule has 0 spiro atoms. The summed E-state index contributed by atoms with van der Waals surface area (Å²) < 4.78 is 18.6. The molecular weight excluding hydrogens is 231 g/mol. The zero-order valence-electron chi connectivity index (χ0n) is 10.6. The Labute approximate surface area is 106 Å². The Morgan fingerprint density at radius 2 is 2.06 bits per heavy atom. The lowest BCUT2D eigenvalue weighted by molar-refractivity contribution is 0.356. The second-order valence-electron chi connectivity index (χ2n) is 4.33. The van der Waals surface area contributed by atoms with E-state index in [9.17, 15) is 4.39 Å². The van der Waals surface area contributed by atoms with Crippen LogP contribution in [0.3, 0.4) is 0 Å². The molecule has 0 aliphatic carbocycles. The van der Waals surface area contributed by atoms with Gasteiger partial charge in [-0.15, -0.1) is 0 Å². The van der Waals surface area contributed by atoms with Gasteiger partial charge in [0.1, 0.15) is 11.6 Å². The largest absolute Gasteiger partial charge is 0.380 e. The minimum Gasteiger partial charge on any atom is -0.380 e. The average molecular weight is 248 g/mol. The van der Waals surface area contributed by atoms with Gasteiger partial charge in [0.25, 0.3) is 0 Å². The van der Waals surface area contributed by atoms with Gasteiger partial charge in [-0.1, -0.05) is 31.1 Å². The molecule has 0 radical (unpaired) electrons. The van der Waals surface area contributed by atoms with Gasteiger partial charge < -0.3 is 10.3 Å². The molecule has 0 fully saturated rings. The van der Waals surface area contributed by atoms with Crippen molar-refractivity contribution in [3.63, 3.8) is 0 Å². The van der Waals surface area contributed by atoms with Crippen molar-refractivity contribution in [2.75, 3.05) is 5.73 Å². The fraction of sp³-hybridized carbons (Fsp3) is 0.357. The zero-order valence-corrected chi connectivity index (χ0v) is 10.6. The maximum atomic E-state index is 13.3. The third-order valence-corrected chi connectivity index (χ3v) is 3.21. The van der Waals surface area contributed by atoms with Gasteiger partial charge in [-0.3, -0.25) is 0 Å². The molecule has 1 aromatic heterocycles. The van der Waals surface area contributed by atoms with E-state index < -0.39 is 0 Å². The Kier molecular flexibility index (Phi) is 3.65. The molecule has 0 aliphatic rings. The molecule has 0 saturated heterocycles. The van der Waals surface area contributed by atoms with E-state index >= 15 is 0 Å². The number of hydrogen-bond donors (Lipinski definition) is 1. The molecule has 4 heteroatoms. The van der Waals surface area contributed by atoms with E-state index in [2.05, 4.69) is 19.0 Å². The summed E-state index contributed by atoms with van der Waals surface area (Å²) in [6, 6.07) is 6.34. The molecule has 0 aliphatic heterocycles. The topological polar surface area (TPSA) is 52.0 Å². The standard InChI is InChI=1S/C14H17FN2O/c1-3-9(4-2)13-12(14(16)17-18-13)10-6-5-7-11(15)8-10/h5-9H,3-4H2,1-2H3,(H2,16,17). The Morgan fingerprint density at radius 1 is 1.33 bits per heavy atom. The normalized spacial score (nSPS) is 11.1. The lowest BCUT2D eigenvalue weighted by Gasteiger charge is -2.10. The molecule has 0 amide bonds. The van der Waals surface area contributed by atoms with Crippen LogP contribution in [0.5, 0.6) is 0 Å². The lowest BCUT2D eigenvalue weighted by atomic mass is 9.94. The molecule has 1 heterocycles. The molecule has 2 rings (SSSR count). The van der Waals surface area contributed by atoms with Crippen LogP contribution >= 0.6 is 0 Å². The first-order chi connectivity index (χ1) is 8.67. The Bertz CT molecular complexity index is 532. The van der Waals surface area contributed by atoms with Crippen molar-refractivity contribution in [2.24, 2.45) is 0 Å². The number of aromatic nitrogens is 1. The summed E-state index contributed by atoms with van der Waals surface area (Å²) in [4.78, 5) is 0. The highest BCUT2D eigenvalue weighted by molar-refractivity contribution is 5.75. The van der Waals surface area contributed by atoms with Gasteiger partial charge in [0.05, 0.1) is 5.56 Å². The minimum absolute atomic E-state index is 0.257. The minimum atomic E-state index is -0.288. The SMILES string of the molecule is CCC(CC)c1onc(N)c1-c1cccc(F)c1. The van der Waals surface area contributed by atoms with E-state index in [0.717, 1.165) is 29.7 Å². The van der Waals surface area contributed by atoms with E-state index in [1.54, 1.807) is 6.07 Å². The summed E-state index contributed by atoms with van der Waals surface area (Å²) in [6.45, 7) is 4.17. The van der Waals surface area contributed by atoms with Gasteiger partial charge >= 0.3 is 0 Å². The first kappa shape index (κ1) is 12.6. The number of nitrogens with two attached hydrogens (primary N) is 1. The van der Waals surface area contributed by atoms with Crippen molar-refractivity contribution in [3.8, 4) is 11.1 Å². The molecule has 0 unspecified atom stereocenters. The van der Waals surface area contributed by atoms with Crippen molar-refractivity contribution in [1.29, 1.82) is 0 Å². The predicted octanol–water partition coefficient (Wildman–Crippen LogP) is 3.97. The third kappa shape index (κ3) is 2.23. The molecule has 0 bridgehead atoms. The fourth-order valence-electron chi connectivity index (χ4n) is 2.19. The quantitative estimate of drug-likeness (QED) is 0.890. The molecule has 0 saturated carbocycles. The molecule has 1 aromatic carbocycles. The molecule has 18 heavy (non-hydrogen) atoms. The highest BCUT2D eigenvalue weighted by Gasteiger charge is 2.22. The van der Waals surface area contributed by atoms with Crippen LogP contribution < -0.4 is 5.73 Å². The van der Waals surface area contributed by atoms with Gasteiger partial charge in [-0.2, -0.15) is 0 Å². The van der Waals surface area contributed by atoms with Crippen LogP contribution in [0.4, 0.5) is 10.2 Å². The van der Waals surface area contributed by atoms with E-state index in [4.69, 9.17) is 10.3 Å². The molecular formula is C14H17FN2O. The van der Waals surface area contributed by atoms with Gasteiger partial charge in [0.2, 0.25) is 0 Å². The number of hydrogen-bond acceptors (Lipinski definition) is 3. The van der Waals surface area contributed by atoms with Gasteiger partial charge in [-0.05, 0) is 30.5 Å². The van der Waals surface area contributed by atoms with E-state index in [1.807, 2.05) is 6.07 Å². The number of nitrogen functional groups attached to an aromatic ring is 1. The second kappa shape index (κ2) is 5.21. The first-order valence-corrected chi connectivity index (χ1v) is 6.18. The maximum Gasteiger partial charge on any atom is 0.175 e. The smallest absolute Gasteiger partial charge is 0.175 e. The van der Waals surface area contributed by atoms with Crippen molar-refractivity contribution < 1.29 is 8.91 Å². The van der Waals surface area contributed by atoms with Crippen molar-refractivity contribution in [3.05, 3.63) is 35.8 Å². The zero-order chi connectivity index (χ0) is 13.1. The van der Waals surface area contributed by atoms with Crippen LogP contribution in [0.25, 0.3) is 11.1 Å². The van der Waals surface area contributed by atoms with Crippen LogP contribution in [0, 0.1) is 5.82 Å². The van der Waals surface area contributed by atoms with Crippen LogP contribution in [-0.4, -0.2) is 5.16 Å². The number of benzene rings is 1. The van der Waals surface area contributed by atoms with Crippen LogP contribution in [0.2, 0.25) is 0 Å². The summed E-state index contributed by atoms with van der Waals surface area (Å²) in [7, 11) is 0. The Morgan fingerprint density at radius 3 is 2.67 bits per heavy atom. The van der Waals surface area contributed by atoms with Crippen LogP contribution in [0.15, 0.2) is 28.8 Å². The van der Waals surface area contributed by atoms with Gasteiger partial charge in [0.15, 0.2) is 5.82 Å². The number of rotatable bonds is 4.